The summed E-state index contributed by atoms with van der Waals surface area (Å²) in [5, 5.41) is 2.09. The number of hydrogen-bond acceptors (Lipinski definition) is 6. The Hall–Kier alpha value is -3.75. The molecule has 3 aromatic rings. The number of benzene rings is 3. The molecule has 0 atom stereocenters. The molecule has 196 valence electrons. The van der Waals surface area contributed by atoms with Crippen molar-refractivity contribution in [3.8, 4) is 11.5 Å². The number of methoxy groups -OCH3 is 1. The second-order valence-electron chi connectivity index (χ2n) is 9.24. The Morgan fingerprint density at radius 1 is 1.03 bits per heavy atom. The molecule has 1 aliphatic rings. The molecule has 1 aliphatic carbocycles. The zero-order valence-electron chi connectivity index (χ0n) is 20.5. The van der Waals surface area contributed by atoms with Crippen molar-refractivity contribution in [3.63, 3.8) is 0 Å². The predicted octanol–water partition coefficient (Wildman–Crippen LogP) is 6.44. The summed E-state index contributed by atoms with van der Waals surface area (Å²) in [6.07, 6.45) is 1.32. The van der Waals surface area contributed by atoms with E-state index in [1.807, 2.05) is 49.4 Å². The molecule has 0 N–H and O–H groups in total. The molecule has 9 heteroatoms. The van der Waals surface area contributed by atoms with Crippen LogP contribution in [0.1, 0.15) is 48.5 Å². The Morgan fingerprint density at radius 3 is 2.43 bits per heavy atom. The largest absolute Gasteiger partial charge is 0.487 e. The maximum atomic E-state index is 14.6. The molecule has 3 aromatic carbocycles. The molecule has 0 unspecified atom stereocenters. The normalized spacial score (nSPS) is 19.5. The highest BCUT2D eigenvalue weighted by atomic mass is 19.3. The summed E-state index contributed by atoms with van der Waals surface area (Å²) in [6.45, 7) is -1.25. The van der Waals surface area contributed by atoms with E-state index in [4.69, 9.17) is 9.47 Å². The summed E-state index contributed by atoms with van der Waals surface area (Å²) in [4.78, 5) is 25.0. The van der Waals surface area contributed by atoms with E-state index in [0.29, 0.717) is 31.7 Å². The Bertz CT molecular complexity index is 1280. The second kappa shape index (κ2) is 11.1. The first kappa shape index (κ1) is 26.3. The van der Waals surface area contributed by atoms with Crippen LogP contribution in [0, 0.1) is 11.2 Å². The lowest BCUT2D eigenvalue weighted by molar-refractivity contribution is -0.159. The van der Waals surface area contributed by atoms with Crippen LogP contribution in [0.3, 0.4) is 0 Å². The quantitative estimate of drug-likeness (QED) is 0.321. The van der Waals surface area contributed by atoms with Gasteiger partial charge in [-0.05, 0) is 48.9 Å². The first-order valence-electron chi connectivity index (χ1n) is 11.9. The molecule has 1 saturated carbocycles. The lowest BCUT2D eigenvalue weighted by Gasteiger charge is -2.35. The lowest BCUT2D eigenvalue weighted by atomic mass is 9.74. The highest BCUT2D eigenvalue weighted by Crippen LogP contribution is 2.40. The molecule has 37 heavy (non-hydrogen) atoms. The zero-order chi connectivity index (χ0) is 26.6. The predicted molar refractivity (Wildman–Crippen MR) is 129 cm³/mol. The first-order chi connectivity index (χ1) is 17.7. The van der Waals surface area contributed by atoms with Crippen molar-refractivity contribution in [3.05, 3.63) is 71.5 Å². The Morgan fingerprint density at radius 2 is 1.73 bits per heavy atom. The van der Waals surface area contributed by atoms with Gasteiger partial charge in [-0.15, -0.1) is 0 Å². The minimum Gasteiger partial charge on any atom is -0.487 e. The monoisotopic (exact) mass is 516 g/mol. The summed E-state index contributed by atoms with van der Waals surface area (Å²) >= 11 is 0. The topological polar surface area (TPSA) is 71.1 Å². The fourth-order valence-electron chi connectivity index (χ4n) is 4.55. The molecule has 0 saturated heterocycles. The summed E-state index contributed by atoms with van der Waals surface area (Å²) in [5.41, 5.74) is -0.185. The third-order valence-electron chi connectivity index (χ3n) is 6.72. The molecule has 1 fully saturated rings. The molecule has 4 rings (SSSR count). The number of rotatable bonds is 8. The molecule has 0 heterocycles. The van der Waals surface area contributed by atoms with Crippen LogP contribution >= 0.6 is 0 Å². The van der Waals surface area contributed by atoms with Crippen LogP contribution in [0.25, 0.3) is 10.8 Å². The fourth-order valence-corrected chi connectivity index (χ4v) is 4.55. The number of esters is 2. The Balaban J connectivity index is 1.39. The van der Waals surface area contributed by atoms with E-state index in [0.717, 1.165) is 29.5 Å². The van der Waals surface area contributed by atoms with Gasteiger partial charge < -0.3 is 18.9 Å². The van der Waals surface area contributed by atoms with Gasteiger partial charge in [0.15, 0.2) is 11.6 Å². The molecule has 0 amide bonds. The highest BCUT2D eigenvalue weighted by Gasteiger charge is 2.40. The van der Waals surface area contributed by atoms with Gasteiger partial charge in [0.25, 0.3) is 0 Å². The van der Waals surface area contributed by atoms with Crippen LogP contribution in [0.4, 0.5) is 13.2 Å². The number of carbonyl (C=O) groups is 2. The van der Waals surface area contributed by atoms with Crippen molar-refractivity contribution < 1.29 is 41.7 Å². The van der Waals surface area contributed by atoms with Crippen LogP contribution in [0.2, 0.25) is 0 Å². The highest BCUT2D eigenvalue weighted by molar-refractivity contribution is 5.93. The van der Waals surface area contributed by atoms with Crippen LogP contribution in [-0.4, -0.2) is 31.8 Å². The molecule has 6 nitrogen and oxygen atoms in total. The molecular weight excluding hydrogens is 489 g/mol. The maximum Gasteiger partial charge on any atom is 0.387 e. The standard InChI is InChI=1S/C28H27F3O6/c1-28(26(33)35-16-18-8-5-7-17-6-3-4-9-20(17)18)12-10-19(11-13-28)36-24-14-21(25(32)34-2)23(15-22(24)29)37-27(30)31/h3-9,14-15,19,27H,10-13,16H2,1-2H3/t19-,28+. The summed E-state index contributed by atoms with van der Waals surface area (Å²) in [5.74, 6) is -3.16. The van der Waals surface area contributed by atoms with Gasteiger partial charge in [0, 0.05) is 12.1 Å². The van der Waals surface area contributed by atoms with Gasteiger partial charge in [-0.3, -0.25) is 4.79 Å². The van der Waals surface area contributed by atoms with Gasteiger partial charge in [-0.25, -0.2) is 9.18 Å². The Labute approximate surface area is 212 Å². The van der Waals surface area contributed by atoms with E-state index < -0.39 is 35.7 Å². The number of carbonyl (C=O) groups excluding carboxylic acids is 2. The van der Waals surface area contributed by atoms with E-state index >= 15 is 0 Å². The zero-order valence-corrected chi connectivity index (χ0v) is 20.5. The first-order valence-corrected chi connectivity index (χ1v) is 11.9. The Kier molecular flexibility index (Phi) is 7.90. The SMILES string of the molecule is COC(=O)c1cc(O[C@H]2CC[C@@](C)(C(=O)OCc3cccc4ccccc34)CC2)c(F)cc1OC(F)F. The molecular formula is C28H27F3O6. The third kappa shape index (κ3) is 5.98. The number of hydrogen-bond donors (Lipinski definition) is 0. The molecule has 0 radical (unpaired) electrons. The van der Waals surface area contributed by atoms with E-state index in [1.54, 1.807) is 0 Å². The van der Waals surface area contributed by atoms with Crippen LogP contribution in [0.15, 0.2) is 54.6 Å². The van der Waals surface area contributed by atoms with Gasteiger partial charge in [-0.1, -0.05) is 42.5 Å². The van der Waals surface area contributed by atoms with Crippen molar-refractivity contribution in [2.24, 2.45) is 5.41 Å². The van der Waals surface area contributed by atoms with Crippen LogP contribution in [0.5, 0.6) is 11.5 Å². The van der Waals surface area contributed by atoms with E-state index in [9.17, 15) is 22.8 Å². The molecule has 0 spiro atoms. The van der Waals surface area contributed by atoms with Crippen molar-refractivity contribution in [2.45, 2.75) is 51.9 Å². The number of ether oxygens (including phenoxy) is 4. The van der Waals surface area contributed by atoms with Gasteiger partial charge in [0.05, 0.1) is 18.6 Å². The summed E-state index contributed by atoms with van der Waals surface area (Å²) in [7, 11) is 1.07. The van der Waals surface area contributed by atoms with Gasteiger partial charge in [-0.2, -0.15) is 8.78 Å². The van der Waals surface area contributed by atoms with Gasteiger partial charge in [0.2, 0.25) is 0 Å². The smallest absolute Gasteiger partial charge is 0.387 e. The van der Waals surface area contributed by atoms with E-state index in [1.165, 1.54) is 0 Å². The molecule has 0 bridgehead atoms. The number of alkyl halides is 2. The van der Waals surface area contributed by atoms with Crippen LogP contribution in [-0.2, 0) is 20.9 Å². The summed E-state index contributed by atoms with van der Waals surface area (Å²) < 4.78 is 60.2. The van der Waals surface area contributed by atoms with E-state index in [-0.39, 0.29) is 23.9 Å². The third-order valence-corrected chi connectivity index (χ3v) is 6.72. The molecule has 0 aliphatic heterocycles. The van der Waals surface area contributed by atoms with Crippen LogP contribution < -0.4 is 9.47 Å². The number of halogens is 3. The van der Waals surface area contributed by atoms with E-state index in [2.05, 4.69) is 9.47 Å². The minimum atomic E-state index is -3.24. The molecule has 0 aromatic heterocycles. The minimum absolute atomic E-state index is 0.157. The van der Waals surface area contributed by atoms with Crippen molar-refractivity contribution in [1.29, 1.82) is 0 Å². The summed E-state index contributed by atoms with van der Waals surface area (Å²) in [6, 6.07) is 15.4. The van der Waals surface area contributed by atoms with Crippen molar-refractivity contribution in [2.75, 3.05) is 7.11 Å². The average Bonchev–Trinajstić information content (AvgIpc) is 2.89. The number of fused-ring (bicyclic) bond motifs is 1. The second-order valence-corrected chi connectivity index (χ2v) is 9.24. The fraction of sp³-hybridized carbons (Fsp3) is 0.357. The lowest BCUT2D eigenvalue weighted by Crippen LogP contribution is -2.37. The maximum absolute atomic E-state index is 14.6. The van der Waals surface area contributed by atoms with Gasteiger partial charge >= 0.3 is 18.6 Å². The van der Waals surface area contributed by atoms with Gasteiger partial charge in [0.1, 0.15) is 17.9 Å². The van der Waals surface area contributed by atoms with Crippen molar-refractivity contribution >= 4 is 22.7 Å². The van der Waals surface area contributed by atoms with Crippen molar-refractivity contribution in [1.82, 2.24) is 0 Å². The average molecular weight is 517 g/mol.